The van der Waals surface area contributed by atoms with E-state index in [1.165, 1.54) is 23.6 Å². The lowest BCUT2D eigenvalue weighted by atomic mass is 10.1. The first kappa shape index (κ1) is 10.2. The smallest absolute Gasteiger partial charge is 0.331 e. The highest BCUT2D eigenvalue weighted by molar-refractivity contribution is 7.10. The maximum Gasteiger partial charge on any atom is 0.331 e. The number of hydrogen-bond donors (Lipinski definition) is 0. The monoisotopic (exact) mass is 223 g/mol. The minimum atomic E-state index is -0.300. The third-order valence-electron chi connectivity index (χ3n) is 2.46. The Morgan fingerprint density at radius 3 is 3.33 bits per heavy atom. The molecule has 0 N–H and O–H groups in total. The van der Waals surface area contributed by atoms with Crippen LogP contribution in [0.25, 0.3) is 0 Å². The van der Waals surface area contributed by atoms with Gasteiger partial charge in [-0.1, -0.05) is 0 Å². The number of carbonyl (C=O) groups excluding carboxylic acids is 1. The summed E-state index contributed by atoms with van der Waals surface area (Å²) in [6.45, 7) is 1.87. The molecular formula is C11H13NO2S. The molecule has 0 radical (unpaired) electrons. The maximum absolute atomic E-state index is 10.9. The zero-order valence-corrected chi connectivity index (χ0v) is 9.42. The summed E-state index contributed by atoms with van der Waals surface area (Å²) >= 11 is 1.81. The van der Waals surface area contributed by atoms with Crippen molar-refractivity contribution >= 4 is 17.3 Å². The number of nitrogens with zero attached hydrogens (tertiary/aromatic N) is 1. The Hall–Kier alpha value is -1.29. The summed E-state index contributed by atoms with van der Waals surface area (Å²) in [5.74, 6) is -0.300. The second-order valence-corrected chi connectivity index (χ2v) is 4.43. The molecule has 0 aromatic carbocycles. The molecule has 1 aliphatic rings. The Kier molecular flexibility index (Phi) is 3.06. The van der Waals surface area contributed by atoms with Gasteiger partial charge in [0.25, 0.3) is 0 Å². The van der Waals surface area contributed by atoms with E-state index in [1.807, 2.05) is 17.5 Å². The molecule has 0 aliphatic carbocycles. The van der Waals surface area contributed by atoms with Crippen LogP contribution in [0.3, 0.4) is 0 Å². The van der Waals surface area contributed by atoms with E-state index in [1.54, 1.807) is 0 Å². The molecule has 2 heterocycles. The third-order valence-corrected chi connectivity index (χ3v) is 3.48. The molecule has 1 aromatic rings. The average Bonchev–Trinajstić information content (AvgIpc) is 2.72. The number of methoxy groups -OCH3 is 1. The third kappa shape index (κ3) is 2.39. The molecule has 1 aliphatic heterocycles. The Labute approximate surface area is 93.0 Å². The molecule has 0 saturated heterocycles. The number of rotatable bonds is 2. The number of fused-ring (bicyclic) bond motifs is 1. The van der Waals surface area contributed by atoms with Crippen LogP contribution in [0.2, 0.25) is 0 Å². The fourth-order valence-corrected chi connectivity index (χ4v) is 2.52. The van der Waals surface area contributed by atoms with E-state index in [2.05, 4.69) is 21.1 Å². The van der Waals surface area contributed by atoms with Gasteiger partial charge in [0, 0.05) is 30.2 Å². The number of ether oxygens (including phenoxy) is 1. The summed E-state index contributed by atoms with van der Waals surface area (Å²) in [5, 5.41) is 2.12. The van der Waals surface area contributed by atoms with Gasteiger partial charge in [-0.25, -0.2) is 4.79 Å². The van der Waals surface area contributed by atoms with Crippen molar-refractivity contribution in [1.82, 2.24) is 4.90 Å². The van der Waals surface area contributed by atoms with Gasteiger partial charge in [-0.3, -0.25) is 0 Å². The van der Waals surface area contributed by atoms with Crippen molar-refractivity contribution in [3.63, 3.8) is 0 Å². The van der Waals surface area contributed by atoms with Crippen molar-refractivity contribution < 1.29 is 9.53 Å². The lowest BCUT2D eigenvalue weighted by Crippen LogP contribution is -2.24. The molecule has 2 rings (SSSR count). The van der Waals surface area contributed by atoms with Crippen LogP contribution in [0, 0.1) is 0 Å². The van der Waals surface area contributed by atoms with Crippen molar-refractivity contribution in [2.75, 3.05) is 13.7 Å². The van der Waals surface area contributed by atoms with E-state index in [-0.39, 0.29) is 5.97 Å². The first-order chi connectivity index (χ1) is 7.29. The normalized spacial score (nSPS) is 15.4. The number of hydrogen-bond acceptors (Lipinski definition) is 4. The number of thiophene rings is 1. The lowest BCUT2D eigenvalue weighted by Gasteiger charge is -2.25. The van der Waals surface area contributed by atoms with E-state index >= 15 is 0 Å². The molecule has 0 fully saturated rings. The highest BCUT2D eigenvalue weighted by atomic mass is 32.1. The predicted molar refractivity (Wildman–Crippen MR) is 59.6 cm³/mol. The fraction of sp³-hybridized carbons (Fsp3) is 0.364. The van der Waals surface area contributed by atoms with Crippen LogP contribution >= 0.6 is 11.3 Å². The second-order valence-electron chi connectivity index (χ2n) is 3.43. The SMILES string of the molecule is COC(=O)C=CN1CCc2sccc2C1. The van der Waals surface area contributed by atoms with E-state index in [4.69, 9.17) is 0 Å². The highest BCUT2D eigenvalue weighted by Crippen LogP contribution is 2.23. The Balaban J connectivity index is 1.98. The van der Waals surface area contributed by atoms with Gasteiger partial charge in [0.2, 0.25) is 0 Å². The van der Waals surface area contributed by atoms with Crippen LogP contribution in [0.4, 0.5) is 0 Å². The summed E-state index contributed by atoms with van der Waals surface area (Å²) in [6, 6.07) is 2.15. The average molecular weight is 223 g/mol. The Morgan fingerprint density at radius 2 is 2.53 bits per heavy atom. The van der Waals surface area contributed by atoms with Gasteiger partial charge >= 0.3 is 5.97 Å². The molecule has 0 saturated carbocycles. The number of carbonyl (C=O) groups is 1. The summed E-state index contributed by atoms with van der Waals surface area (Å²) < 4.78 is 4.55. The maximum atomic E-state index is 10.9. The first-order valence-electron chi connectivity index (χ1n) is 4.85. The quantitative estimate of drug-likeness (QED) is 0.565. The molecule has 80 valence electrons. The molecule has 3 nitrogen and oxygen atoms in total. The van der Waals surface area contributed by atoms with E-state index in [9.17, 15) is 4.79 Å². The molecule has 0 bridgehead atoms. The highest BCUT2D eigenvalue weighted by Gasteiger charge is 2.14. The van der Waals surface area contributed by atoms with Crippen molar-refractivity contribution in [1.29, 1.82) is 0 Å². The van der Waals surface area contributed by atoms with Crippen molar-refractivity contribution in [3.05, 3.63) is 34.2 Å². The minimum Gasteiger partial charge on any atom is -0.466 e. The van der Waals surface area contributed by atoms with Gasteiger partial charge in [-0.15, -0.1) is 11.3 Å². The van der Waals surface area contributed by atoms with Gasteiger partial charge in [0.1, 0.15) is 0 Å². The summed E-state index contributed by atoms with van der Waals surface area (Å²) in [4.78, 5) is 14.5. The molecule has 15 heavy (non-hydrogen) atoms. The van der Waals surface area contributed by atoms with Crippen molar-refractivity contribution in [2.45, 2.75) is 13.0 Å². The van der Waals surface area contributed by atoms with Crippen LogP contribution in [0.1, 0.15) is 10.4 Å². The molecule has 0 spiro atoms. The standard InChI is InChI=1S/C11H13NO2S/c1-14-11(13)3-6-12-5-2-10-9(8-12)4-7-15-10/h3-4,6-7H,2,5,8H2,1H3. The molecule has 0 amide bonds. The molecule has 4 heteroatoms. The van der Waals surface area contributed by atoms with Gasteiger partial charge < -0.3 is 9.64 Å². The van der Waals surface area contributed by atoms with Crippen molar-refractivity contribution in [3.8, 4) is 0 Å². The van der Waals surface area contributed by atoms with Crippen molar-refractivity contribution in [2.24, 2.45) is 0 Å². The zero-order valence-electron chi connectivity index (χ0n) is 8.60. The lowest BCUT2D eigenvalue weighted by molar-refractivity contribution is -0.134. The predicted octanol–water partition coefficient (Wildman–Crippen LogP) is 1.79. The fourth-order valence-electron chi connectivity index (χ4n) is 1.63. The van der Waals surface area contributed by atoms with E-state index in [0.29, 0.717) is 0 Å². The molecular weight excluding hydrogens is 210 g/mol. The first-order valence-corrected chi connectivity index (χ1v) is 5.73. The Bertz CT molecular complexity index is 384. The van der Waals surface area contributed by atoms with Gasteiger partial charge in [-0.05, 0) is 23.4 Å². The Morgan fingerprint density at radius 1 is 1.67 bits per heavy atom. The van der Waals surface area contributed by atoms with Gasteiger partial charge in [-0.2, -0.15) is 0 Å². The largest absolute Gasteiger partial charge is 0.466 e. The summed E-state index contributed by atoms with van der Waals surface area (Å²) in [6.07, 6.45) is 4.35. The van der Waals surface area contributed by atoms with E-state index < -0.39 is 0 Å². The van der Waals surface area contributed by atoms with Crippen LogP contribution in [-0.2, 0) is 22.5 Å². The minimum absolute atomic E-state index is 0.300. The van der Waals surface area contributed by atoms with Gasteiger partial charge in [0.15, 0.2) is 0 Å². The topological polar surface area (TPSA) is 29.5 Å². The van der Waals surface area contributed by atoms with Crippen LogP contribution < -0.4 is 0 Å². The molecule has 0 unspecified atom stereocenters. The number of esters is 1. The molecule has 0 atom stereocenters. The van der Waals surface area contributed by atoms with E-state index in [0.717, 1.165) is 19.5 Å². The summed E-state index contributed by atoms with van der Waals surface area (Å²) in [7, 11) is 1.39. The zero-order chi connectivity index (χ0) is 10.7. The molecule has 1 aromatic heterocycles. The van der Waals surface area contributed by atoms with Crippen LogP contribution in [0.15, 0.2) is 23.7 Å². The van der Waals surface area contributed by atoms with Gasteiger partial charge in [0.05, 0.1) is 7.11 Å². The van der Waals surface area contributed by atoms with Crippen LogP contribution in [0.5, 0.6) is 0 Å². The second kappa shape index (κ2) is 4.49. The summed E-state index contributed by atoms with van der Waals surface area (Å²) in [5.41, 5.74) is 1.38. The van der Waals surface area contributed by atoms with Crippen LogP contribution in [-0.4, -0.2) is 24.5 Å².